The lowest BCUT2D eigenvalue weighted by Crippen LogP contribution is -1.92. The Hall–Kier alpha value is -2.67. The van der Waals surface area contributed by atoms with Gasteiger partial charge in [0.15, 0.2) is 5.75 Å². The number of nitriles is 1. The Morgan fingerprint density at radius 1 is 0.960 bits per heavy atom. The van der Waals surface area contributed by atoms with Crippen LogP contribution in [0.15, 0.2) is 60.7 Å². The lowest BCUT2D eigenvalue weighted by Gasteiger charge is -2.12. The summed E-state index contributed by atoms with van der Waals surface area (Å²) in [5.41, 5.74) is 2.16. The molecule has 0 aromatic heterocycles. The van der Waals surface area contributed by atoms with Crippen molar-refractivity contribution in [3.05, 3.63) is 87.4 Å². The van der Waals surface area contributed by atoms with E-state index < -0.39 is 0 Å². The number of ether oxygens (including phenoxy) is 1. The number of phenols is 1. The Balaban J connectivity index is 1.90. The van der Waals surface area contributed by atoms with Crippen LogP contribution >= 0.6 is 23.2 Å². The first-order chi connectivity index (χ1) is 12.1. The highest BCUT2D eigenvalue weighted by molar-refractivity contribution is 6.37. The maximum absolute atomic E-state index is 10.1. The Kier molecular flexibility index (Phi) is 5.14. The molecule has 3 nitrogen and oxygen atoms in total. The van der Waals surface area contributed by atoms with E-state index in [1.165, 1.54) is 12.1 Å². The first-order valence-electron chi connectivity index (χ1n) is 7.49. The maximum atomic E-state index is 10.1. The van der Waals surface area contributed by atoms with Crippen LogP contribution in [0.2, 0.25) is 10.0 Å². The van der Waals surface area contributed by atoms with Gasteiger partial charge >= 0.3 is 0 Å². The van der Waals surface area contributed by atoms with E-state index in [-0.39, 0.29) is 21.5 Å². The molecule has 0 saturated heterocycles. The summed E-state index contributed by atoms with van der Waals surface area (Å²) in [6.45, 7) is 0. The summed E-state index contributed by atoms with van der Waals surface area (Å²) in [7, 11) is 0. The van der Waals surface area contributed by atoms with Crippen LogP contribution in [0.1, 0.15) is 16.7 Å². The molecule has 25 heavy (non-hydrogen) atoms. The van der Waals surface area contributed by atoms with Crippen molar-refractivity contribution in [2.24, 2.45) is 0 Å². The maximum Gasteiger partial charge on any atom is 0.164 e. The van der Waals surface area contributed by atoms with Gasteiger partial charge in [-0.3, -0.25) is 0 Å². The van der Waals surface area contributed by atoms with E-state index in [4.69, 9.17) is 33.2 Å². The third-order valence-electron chi connectivity index (χ3n) is 3.64. The van der Waals surface area contributed by atoms with Gasteiger partial charge in [-0.15, -0.1) is 0 Å². The molecule has 3 aromatic carbocycles. The molecule has 0 bridgehead atoms. The van der Waals surface area contributed by atoms with E-state index in [0.29, 0.717) is 17.7 Å². The highest BCUT2D eigenvalue weighted by Gasteiger charge is 2.12. The van der Waals surface area contributed by atoms with Crippen LogP contribution in [0.5, 0.6) is 17.2 Å². The topological polar surface area (TPSA) is 53.2 Å². The molecule has 0 aliphatic carbocycles. The predicted molar refractivity (Wildman–Crippen MR) is 98.6 cm³/mol. The Bertz CT molecular complexity index is 927. The minimum Gasteiger partial charge on any atom is -0.508 e. The third-order valence-corrected chi connectivity index (χ3v) is 4.20. The number of hydrogen-bond donors (Lipinski definition) is 1. The monoisotopic (exact) mass is 369 g/mol. The van der Waals surface area contributed by atoms with Crippen LogP contribution in [0.25, 0.3) is 0 Å². The molecule has 1 N–H and O–H groups in total. The molecule has 0 aliphatic heterocycles. The number of aromatic hydroxyl groups is 1. The molecule has 0 aliphatic rings. The Morgan fingerprint density at radius 3 is 2.28 bits per heavy atom. The second kappa shape index (κ2) is 7.48. The highest BCUT2D eigenvalue weighted by atomic mass is 35.5. The zero-order valence-electron chi connectivity index (χ0n) is 13.0. The molecule has 0 radical (unpaired) electrons. The standard InChI is InChI=1S/C20H13Cl2NO2/c21-17-9-14(12-23)10-18(22)20(17)25-16-6-7-19(24)15(11-16)8-13-4-2-1-3-5-13/h1-7,9-11,24H,8H2. The molecule has 0 spiro atoms. The fourth-order valence-electron chi connectivity index (χ4n) is 2.42. The molecule has 0 fully saturated rings. The minimum absolute atomic E-state index is 0.188. The van der Waals surface area contributed by atoms with E-state index in [1.54, 1.807) is 18.2 Å². The zero-order valence-corrected chi connectivity index (χ0v) is 14.6. The molecule has 124 valence electrons. The first-order valence-corrected chi connectivity index (χ1v) is 8.25. The molecule has 0 heterocycles. The summed E-state index contributed by atoms with van der Waals surface area (Å²) < 4.78 is 5.79. The molecule has 5 heteroatoms. The minimum atomic E-state index is 0.188. The summed E-state index contributed by atoms with van der Waals surface area (Å²) in [4.78, 5) is 0. The first kappa shape index (κ1) is 17.2. The molecular weight excluding hydrogens is 357 g/mol. The average molecular weight is 370 g/mol. The number of halogens is 2. The number of phenolic OH excluding ortho intramolecular Hbond substituents is 1. The quantitative estimate of drug-likeness (QED) is 0.617. The summed E-state index contributed by atoms with van der Waals surface area (Å²) in [6.07, 6.45) is 0.568. The van der Waals surface area contributed by atoms with Crippen molar-refractivity contribution in [1.82, 2.24) is 0 Å². The molecule has 3 rings (SSSR count). The fourth-order valence-corrected chi connectivity index (χ4v) is 2.99. The van der Waals surface area contributed by atoms with Gasteiger partial charge in [-0.1, -0.05) is 53.5 Å². The SMILES string of the molecule is N#Cc1cc(Cl)c(Oc2ccc(O)c(Cc3ccccc3)c2)c(Cl)c1. The summed E-state index contributed by atoms with van der Waals surface area (Å²) in [5, 5.41) is 19.5. The van der Waals surface area contributed by atoms with Gasteiger partial charge in [0.25, 0.3) is 0 Å². The smallest absolute Gasteiger partial charge is 0.164 e. The van der Waals surface area contributed by atoms with Crippen molar-refractivity contribution in [3.8, 4) is 23.3 Å². The van der Waals surface area contributed by atoms with Gasteiger partial charge in [-0.2, -0.15) is 5.26 Å². The van der Waals surface area contributed by atoms with Crippen LogP contribution in [-0.2, 0) is 6.42 Å². The Morgan fingerprint density at radius 2 is 1.64 bits per heavy atom. The number of benzene rings is 3. The van der Waals surface area contributed by atoms with Gasteiger partial charge in [0.1, 0.15) is 11.5 Å². The summed E-state index contributed by atoms with van der Waals surface area (Å²) in [6, 6.07) is 19.7. The number of nitrogens with zero attached hydrogens (tertiary/aromatic N) is 1. The third kappa shape index (κ3) is 4.06. The predicted octanol–water partition coefficient (Wildman–Crippen LogP) is 5.95. The lowest BCUT2D eigenvalue weighted by atomic mass is 10.0. The van der Waals surface area contributed by atoms with Crippen LogP contribution in [0.3, 0.4) is 0 Å². The van der Waals surface area contributed by atoms with Gasteiger partial charge in [0.2, 0.25) is 0 Å². The molecule has 3 aromatic rings. The van der Waals surface area contributed by atoms with Crippen molar-refractivity contribution in [2.75, 3.05) is 0 Å². The van der Waals surface area contributed by atoms with Crippen LogP contribution < -0.4 is 4.74 Å². The normalized spacial score (nSPS) is 10.3. The fraction of sp³-hybridized carbons (Fsp3) is 0.0500. The van der Waals surface area contributed by atoms with E-state index in [9.17, 15) is 5.11 Å². The van der Waals surface area contributed by atoms with Crippen molar-refractivity contribution in [1.29, 1.82) is 5.26 Å². The number of hydrogen-bond acceptors (Lipinski definition) is 3. The summed E-state index contributed by atoms with van der Waals surface area (Å²) >= 11 is 12.3. The van der Waals surface area contributed by atoms with Crippen LogP contribution in [0.4, 0.5) is 0 Å². The highest BCUT2D eigenvalue weighted by Crippen LogP contribution is 2.38. The van der Waals surface area contributed by atoms with Crippen LogP contribution in [0, 0.1) is 11.3 Å². The molecule has 0 saturated carbocycles. The van der Waals surface area contributed by atoms with E-state index in [2.05, 4.69) is 0 Å². The Labute approximate surface area is 155 Å². The van der Waals surface area contributed by atoms with E-state index in [1.807, 2.05) is 36.4 Å². The van der Waals surface area contributed by atoms with Crippen molar-refractivity contribution >= 4 is 23.2 Å². The van der Waals surface area contributed by atoms with Gasteiger partial charge in [-0.05, 0) is 35.9 Å². The lowest BCUT2D eigenvalue weighted by molar-refractivity contribution is 0.459. The molecule has 0 unspecified atom stereocenters. The van der Waals surface area contributed by atoms with Crippen molar-refractivity contribution in [3.63, 3.8) is 0 Å². The van der Waals surface area contributed by atoms with Crippen molar-refractivity contribution in [2.45, 2.75) is 6.42 Å². The second-order valence-corrected chi connectivity index (χ2v) is 6.25. The van der Waals surface area contributed by atoms with Crippen molar-refractivity contribution < 1.29 is 9.84 Å². The molecule has 0 amide bonds. The number of rotatable bonds is 4. The summed E-state index contributed by atoms with van der Waals surface area (Å²) in [5.74, 6) is 0.962. The van der Waals surface area contributed by atoms with E-state index >= 15 is 0 Å². The average Bonchev–Trinajstić information content (AvgIpc) is 2.61. The largest absolute Gasteiger partial charge is 0.508 e. The van der Waals surface area contributed by atoms with E-state index in [0.717, 1.165) is 11.1 Å². The van der Waals surface area contributed by atoms with Gasteiger partial charge in [0, 0.05) is 12.0 Å². The second-order valence-electron chi connectivity index (χ2n) is 5.44. The molecule has 0 atom stereocenters. The van der Waals surface area contributed by atoms with Crippen LogP contribution in [-0.4, -0.2) is 5.11 Å². The molecular formula is C20H13Cl2NO2. The van der Waals surface area contributed by atoms with Gasteiger partial charge in [0.05, 0.1) is 21.7 Å². The van der Waals surface area contributed by atoms with Gasteiger partial charge < -0.3 is 9.84 Å². The van der Waals surface area contributed by atoms with Gasteiger partial charge in [-0.25, -0.2) is 0 Å². The zero-order chi connectivity index (χ0) is 17.8.